The third-order valence-corrected chi connectivity index (χ3v) is 2.75. The number of rotatable bonds is 2. The summed E-state index contributed by atoms with van der Waals surface area (Å²) in [5.41, 5.74) is 1.51. The van der Waals surface area contributed by atoms with Crippen LogP contribution < -0.4 is 4.84 Å². The molecule has 1 fully saturated rings. The van der Waals surface area contributed by atoms with Gasteiger partial charge in [-0.25, -0.2) is 0 Å². The Labute approximate surface area is 91.8 Å². The van der Waals surface area contributed by atoms with Crippen molar-refractivity contribution in [3.63, 3.8) is 0 Å². The van der Waals surface area contributed by atoms with Crippen LogP contribution in [0.5, 0.6) is 5.75 Å². The first kappa shape index (κ1) is 10.5. The Hall–Kier alpha value is -1.02. The zero-order valence-electron chi connectivity index (χ0n) is 9.79. The van der Waals surface area contributed by atoms with Gasteiger partial charge in [0.15, 0.2) is 0 Å². The van der Waals surface area contributed by atoms with Gasteiger partial charge >= 0.3 is 0 Å². The molecule has 0 aromatic heterocycles. The first-order valence-electron chi connectivity index (χ1n) is 5.59. The molecule has 15 heavy (non-hydrogen) atoms. The summed E-state index contributed by atoms with van der Waals surface area (Å²) < 4.78 is 0. The van der Waals surface area contributed by atoms with Crippen LogP contribution in [-0.4, -0.2) is 18.2 Å². The van der Waals surface area contributed by atoms with Crippen LogP contribution in [0, 0.1) is 0 Å². The maximum atomic E-state index is 5.72. The monoisotopic (exact) mass is 205 g/mol. The lowest BCUT2D eigenvalue weighted by Gasteiger charge is -2.30. The first-order chi connectivity index (χ1) is 7.05. The Balaban J connectivity index is 2.11. The molecule has 1 heterocycles. The fourth-order valence-corrected chi connectivity index (χ4v) is 1.55. The normalized spacial score (nSPS) is 17.3. The summed E-state index contributed by atoms with van der Waals surface area (Å²) in [7, 11) is 0. The summed E-state index contributed by atoms with van der Waals surface area (Å²) >= 11 is 0. The molecule has 0 amide bonds. The Morgan fingerprint density at radius 3 is 2.47 bits per heavy atom. The van der Waals surface area contributed by atoms with Gasteiger partial charge in [0.1, 0.15) is 5.75 Å². The van der Waals surface area contributed by atoms with Crippen molar-refractivity contribution in [2.45, 2.75) is 32.6 Å². The molecule has 1 aliphatic rings. The van der Waals surface area contributed by atoms with E-state index in [1.807, 2.05) is 11.1 Å². The number of hydroxylamine groups is 2. The van der Waals surface area contributed by atoms with E-state index in [9.17, 15) is 0 Å². The van der Waals surface area contributed by atoms with E-state index in [4.69, 9.17) is 4.84 Å². The molecular weight excluding hydrogens is 186 g/mol. The number of nitrogens with zero attached hydrogens (tertiary/aromatic N) is 1. The minimum absolute atomic E-state index is 0.189. The Morgan fingerprint density at radius 2 is 1.93 bits per heavy atom. The Bertz CT molecular complexity index is 337. The van der Waals surface area contributed by atoms with Crippen LogP contribution in [0.25, 0.3) is 0 Å². The van der Waals surface area contributed by atoms with Gasteiger partial charge in [-0.15, -0.1) is 5.06 Å². The van der Waals surface area contributed by atoms with Crippen LogP contribution in [0.1, 0.15) is 32.8 Å². The topological polar surface area (TPSA) is 12.5 Å². The van der Waals surface area contributed by atoms with E-state index in [0.29, 0.717) is 0 Å². The van der Waals surface area contributed by atoms with E-state index >= 15 is 0 Å². The first-order valence-corrected chi connectivity index (χ1v) is 5.59. The molecule has 2 rings (SSSR count). The minimum atomic E-state index is 0.189. The molecule has 0 aliphatic carbocycles. The van der Waals surface area contributed by atoms with Crippen molar-refractivity contribution >= 4 is 0 Å². The van der Waals surface area contributed by atoms with Crippen molar-refractivity contribution in [3.8, 4) is 5.75 Å². The largest absolute Gasteiger partial charge is 0.406 e. The molecule has 2 nitrogen and oxygen atoms in total. The second-order valence-corrected chi connectivity index (χ2v) is 5.15. The van der Waals surface area contributed by atoms with Crippen LogP contribution in [0.4, 0.5) is 0 Å². The summed E-state index contributed by atoms with van der Waals surface area (Å²) in [6.07, 6.45) is 1.25. The summed E-state index contributed by atoms with van der Waals surface area (Å²) in [6.45, 7) is 8.76. The Morgan fingerprint density at radius 1 is 1.20 bits per heavy atom. The van der Waals surface area contributed by atoms with Crippen LogP contribution in [0.15, 0.2) is 24.3 Å². The number of benzene rings is 1. The van der Waals surface area contributed by atoms with Gasteiger partial charge in [-0.05, 0) is 29.5 Å². The minimum Gasteiger partial charge on any atom is -0.406 e. The van der Waals surface area contributed by atoms with Gasteiger partial charge < -0.3 is 4.84 Å². The number of hydrogen-bond acceptors (Lipinski definition) is 2. The lowest BCUT2D eigenvalue weighted by molar-refractivity contribution is -0.107. The molecule has 1 aromatic carbocycles. The van der Waals surface area contributed by atoms with Crippen LogP contribution in [-0.2, 0) is 5.41 Å². The van der Waals surface area contributed by atoms with Crippen LogP contribution >= 0.6 is 0 Å². The third-order valence-electron chi connectivity index (χ3n) is 2.75. The molecule has 82 valence electrons. The van der Waals surface area contributed by atoms with Crippen LogP contribution in [0.2, 0.25) is 0 Å². The van der Waals surface area contributed by atoms with E-state index < -0.39 is 0 Å². The van der Waals surface area contributed by atoms with Crippen LogP contribution in [0.3, 0.4) is 0 Å². The molecule has 0 saturated carbocycles. The van der Waals surface area contributed by atoms with E-state index in [1.54, 1.807) is 0 Å². The zero-order chi connectivity index (χ0) is 10.9. The lowest BCUT2D eigenvalue weighted by Crippen LogP contribution is -2.39. The van der Waals surface area contributed by atoms with Gasteiger partial charge in [0.25, 0.3) is 0 Å². The summed E-state index contributed by atoms with van der Waals surface area (Å²) in [5, 5.41) is 2.00. The molecular formula is C13H19NO. The zero-order valence-corrected chi connectivity index (χ0v) is 9.79. The van der Waals surface area contributed by atoms with Crippen molar-refractivity contribution in [2.75, 3.05) is 13.1 Å². The SMILES string of the molecule is CC(C)(C)c1cccc(ON2CCC2)c1. The van der Waals surface area contributed by atoms with E-state index in [-0.39, 0.29) is 5.41 Å². The molecule has 1 aromatic rings. The molecule has 0 N–H and O–H groups in total. The predicted molar refractivity (Wildman–Crippen MR) is 62.0 cm³/mol. The van der Waals surface area contributed by atoms with Crippen molar-refractivity contribution in [2.24, 2.45) is 0 Å². The van der Waals surface area contributed by atoms with Gasteiger partial charge in [-0.3, -0.25) is 0 Å². The fraction of sp³-hybridized carbons (Fsp3) is 0.538. The van der Waals surface area contributed by atoms with Gasteiger partial charge in [0, 0.05) is 13.1 Å². The molecule has 2 heteroatoms. The molecule has 1 aliphatic heterocycles. The second-order valence-electron chi connectivity index (χ2n) is 5.15. The highest BCUT2D eigenvalue weighted by molar-refractivity contribution is 5.32. The molecule has 0 spiro atoms. The van der Waals surface area contributed by atoms with Gasteiger partial charge in [-0.2, -0.15) is 0 Å². The second kappa shape index (κ2) is 3.86. The van der Waals surface area contributed by atoms with E-state index in [2.05, 4.69) is 39.0 Å². The quantitative estimate of drug-likeness (QED) is 0.736. The number of hydrogen-bond donors (Lipinski definition) is 0. The van der Waals surface area contributed by atoms with Gasteiger partial charge in [-0.1, -0.05) is 32.9 Å². The molecule has 0 bridgehead atoms. The molecule has 1 saturated heterocycles. The van der Waals surface area contributed by atoms with E-state index in [1.165, 1.54) is 12.0 Å². The molecule has 0 atom stereocenters. The highest BCUT2D eigenvalue weighted by Crippen LogP contribution is 2.26. The average molecular weight is 205 g/mol. The molecule has 0 radical (unpaired) electrons. The van der Waals surface area contributed by atoms with E-state index in [0.717, 1.165) is 18.8 Å². The average Bonchev–Trinajstić information content (AvgIpc) is 2.11. The highest BCUT2D eigenvalue weighted by atomic mass is 16.7. The van der Waals surface area contributed by atoms with Crippen molar-refractivity contribution in [1.82, 2.24) is 5.06 Å². The Kier molecular flexibility index (Phi) is 2.70. The van der Waals surface area contributed by atoms with Gasteiger partial charge in [0.2, 0.25) is 0 Å². The standard InChI is InChI=1S/C13H19NO/c1-13(2,3)11-6-4-7-12(10-11)15-14-8-5-9-14/h4,6-7,10H,5,8-9H2,1-3H3. The summed E-state index contributed by atoms with van der Waals surface area (Å²) in [5.74, 6) is 0.960. The van der Waals surface area contributed by atoms with Crippen molar-refractivity contribution in [3.05, 3.63) is 29.8 Å². The van der Waals surface area contributed by atoms with Crippen molar-refractivity contribution < 1.29 is 4.84 Å². The summed E-state index contributed by atoms with van der Waals surface area (Å²) in [4.78, 5) is 5.72. The van der Waals surface area contributed by atoms with Crippen molar-refractivity contribution in [1.29, 1.82) is 0 Å². The fourth-order valence-electron chi connectivity index (χ4n) is 1.55. The predicted octanol–water partition coefficient (Wildman–Crippen LogP) is 2.98. The maximum absolute atomic E-state index is 5.72. The smallest absolute Gasteiger partial charge is 0.147 e. The highest BCUT2D eigenvalue weighted by Gasteiger charge is 2.17. The molecule has 0 unspecified atom stereocenters. The third kappa shape index (κ3) is 2.51. The lowest BCUT2D eigenvalue weighted by atomic mass is 9.87. The van der Waals surface area contributed by atoms with Gasteiger partial charge in [0.05, 0.1) is 0 Å². The summed E-state index contributed by atoms with van der Waals surface area (Å²) in [6, 6.07) is 8.38. The maximum Gasteiger partial charge on any atom is 0.147 e.